The van der Waals surface area contributed by atoms with Gasteiger partial charge in [-0.25, -0.2) is 0 Å². The summed E-state index contributed by atoms with van der Waals surface area (Å²) in [4.78, 5) is 0. The molecule has 0 saturated heterocycles. The van der Waals surface area contributed by atoms with Crippen LogP contribution in [0.4, 0.5) is 0 Å². The van der Waals surface area contributed by atoms with Crippen LogP contribution in [-0.4, -0.2) is 0 Å². The summed E-state index contributed by atoms with van der Waals surface area (Å²) in [5, 5.41) is 0. The Balaban J connectivity index is 0.000000541. The van der Waals surface area contributed by atoms with Gasteiger partial charge in [-0.15, -0.1) is 0 Å². The summed E-state index contributed by atoms with van der Waals surface area (Å²) in [6.07, 6.45) is 7.94. The predicted octanol–water partition coefficient (Wildman–Crippen LogP) is 5.69. The molecule has 0 fully saturated rings. The molecule has 0 radical (unpaired) electrons. The SMILES string of the molecule is C=C/C=C(\C=C)[C@@H]1Cc2ccccc2[C@H](NS)C1.CC(C)C. The monoisotopic (exact) mass is 315 g/mol. The van der Waals surface area contributed by atoms with Crippen LogP contribution in [-0.2, 0) is 6.42 Å². The number of allylic oxidation sites excluding steroid dienone is 4. The second-order valence-electron chi connectivity index (χ2n) is 6.36. The van der Waals surface area contributed by atoms with Crippen molar-refractivity contribution in [3.05, 3.63) is 72.4 Å². The van der Waals surface area contributed by atoms with E-state index in [0.29, 0.717) is 12.0 Å². The van der Waals surface area contributed by atoms with E-state index in [9.17, 15) is 0 Å². The Hall–Kier alpha value is -1.25. The first kappa shape index (κ1) is 18.8. The molecule has 0 saturated carbocycles. The zero-order chi connectivity index (χ0) is 16.5. The Morgan fingerprint density at radius 1 is 1.27 bits per heavy atom. The van der Waals surface area contributed by atoms with Crippen LogP contribution in [0.5, 0.6) is 0 Å². The zero-order valence-corrected chi connectivity index (χ0v) is 14.9. The van der Waals surface area contributed by atoms with Crippen molar-refractivity contribution < 1.29 is 0 Å². The van der Waals surface area contributed by atoms with Crippen LogP contribution >= 0.6 is 12.8 Å². The fourth-order valence-electron chi connectivity index (χ4n) is 2.70. The van der Waals surface area contributed by atoms with E-state index in [1.54, 1.807) is 0 Å². The Morgan fingerprint density at radius 3 is 2.45 bits per heavy atom. The molecule has 1 aromatic rings. The third kappa shape index (κ3) is 5.51. The Kier molecular flexibility index (Phi) is 8.29. The molecular formula is C20H29NS. The van der Waals surface area contributed by atoms with Crippen molar-refractivity contribution in [2.75, 3.05) is 0 Å². The lowest BCUT2D eigenvalue weighted by molar-refractivity contribution is 0.449. The third-order valence-corrected chi connectivity index (χ3v) is 3.90. The maximum atomic E-state index is 4.26. The van der Waals surface area contributed by atoms with Gasteiger partial charge in [-0.3, -0.25) is 4.72 Å². The van der Waals surface area contributed by atoms with Crippen LogP contribution in [0.15, 0.2) is 61.2 Å². The average Bonchev–Trinajstić information content (AvgIpc) is 2.51. The molecule has 2 heteroatoms. The first-order chi connectivity index (χ1) is 10.5. The maximum Gasteiger partial charge on any atom is 0.0427 e. The van der Waals surface area contributed by atoms with Gasteiger partial charge in [0.05, 0.1) is 0 Å². The van der Waals surface area contributed by atoms with Crippen LogP contribution in [0.1, 0.15) is 44.4 Å². The van der Waals surface area contributed by atoms with Gasteiger partial charge in [0.1, 0.15) is 0 Å². The molecule has 2 atom stereocenters. The fourth-order valence-corrected chi connectivity index (χ4v) is 2.95. The molecule has 0 spiro atoms. The molecule has 0 heterocycles. The van der Waals surface area contributed by atoms with Gasteiger partial charge < -0.3 is 0 Å². The van der Waals surface area contributed by atoms with Gasteiger partial charge in [0, 0.05) is 6.04 Å². The highest BCUT2D eigenvalue weighted by atomic mass is 32.1. The minimum Gasteiger partial charge on any atom is -0.259 e. The normalized spacial score (nSPS) is 20.7. The van der Waals surface area contributed by atoms with Gasteiger partial charge in [0.15, 0.2) is 0 Å². The minimum atomic E-state index is 0.302. The number of hydrogen-bond donors (Lipinski definition) is 2. The molecule has 2 rings (SSSR count). The molecule has 0 aromatic heterocycles. The van der Waals surface area contributed by atoms with Gasteiger partial charge in [-0.1, -0.05) is 89.2 Å². The van der Waals surface area contributed by atoms with E-state index in [-0.39, 0.29) is 0 Å². The van der Waals surface area contributed by atoms with Crippen molar-refractivity contribution in [3.63, 3.8) is 0 Å². The summed E-state index contributed by atoms with van der Waals surface area (Å²) >= 11 is 4.26. The van der Waals surface area contributed by atoms with Gasteiger partial charge in [-0.2, -0.15) is 0 Å². The minimum absolute atomic E-state index is 0.302. The summed E-state index contributed by atoms with van der Waals surface area (Å²) in [5.74, 6) is 1.32. The largest absolute Gasteiger partial charge is 0.259 e. The molecule has 1 nitrogen and oxygen atoms in total. The summed E-state index contributed by atoms with van der Waals surface area (Å²) in [5.41, 5.74) is 4.02. The van der Waals surface area contributed by atoms with Gasteiger partial charge >= 0.3 is 0 Å². The van der Waals surface area contributed by atoms with Crippen LogP contribution in [0.2, 0.25) is 0 Å². The van der Waals surface area contributed by atoms with Crippen LogP contribution in [0.25, 0.3) is 0 Å². The highest BCUT2D eigenvalue weighted by molar-refractivity contribution is 7.78. The van der Waals surface area contributed by atoms with E-state index in [0.717, 1.165) is 18.8 Å². The molecule has 1 aromatic carbocycles. The van der Waals surface area contributed by atoms with Crippen LogP contribution in [0, 0.1) is 11.8 Å². The molecular weight excluding hydrogens is 286 g/mol. The quantitative estimate of drug-likeness (QED) is 0.537. The van der Waals surface area contributed by atoms with Crippen LogP contribution < -0.4 is 4.72 Å². The van der Waals surface area contributed by atoms with E-state index < -0.39 is 0 Å². The van der Waals surface area contributed by atoms with E-state index >= 15 is 0 Å². The molecule has 0 amide bonds. The Bertz CT molecular complexity index is 513. The topological polar surface area (TPSA) is 12.0 Å². The van der Waals surface area contributed by atoms with E-state index in [1.807, 2.05) is 12.2 Å². The second-order valence-corrected chi connectivity index (χ2v) is 6.61. The lowest BCUT2D eigenvalue weighted by Gasteiger charge is -2.31. The van der Waals surface area contributed by atoms with Gasteiger partial charge in [-0.05, 0) is 41.4 Å². The van der Waals surface area contributed by atoms with Crippen molar-refractivity contribution >= 4 is 12.8 Å². The van der Waals surface area contributed by atoms with Crippen molar-refractivity contribution in [1.82, 2.24) is 4.72 Å². The Morgan fingerprint density at radius 2 is 1.91 bits per heavy atom. The molecule has 0 aliphatic heterocycles. The molecule has 1 aliphatic carbocycles. The number of nitrogens with one attached hydrogen (secondary N) is 1. The molecule has 120 valence electrons. The van der Waals surface area contributed by atoms with Gasteiger partial charge in [0.25, 0.3) is 0 Å². The molecule has 0 bridgehead atoms. The third-order valence-electron chi connectivity index (χ3n) is 3.59. The van der Waals surface area contributed by atoms with E-state index in [2.05, 4.69) is 81.8 Å². The number of rotatable bonds is 4. The average molecular weight is 316 g/mol. The van der Waals surface area contributed by atoms with Crippen molar-refractivity contribution in [3.8, 4) is 0 Å². The van der Waals surface area contributed by atoms with Crippen molar-refractivity contribution in [1.29, 1.82) is 0 Å². The number of hydrogen-bond acceptors (Lipinski definition) is 2. The lowest BCUT2D eigenvalue weighted by atomic mass is 9.77. The fraction of sp³-hybridized carbons (Fsp3) is 0.400. The summed E-state index contributed by atoms with van der Waals surface area (Å²) in [6, 6.07) is 8.88. The number of benzene rings is 1. The van der Waals surface area contributed by atoms with E-state index in [1.165, 1.54) is 16.7 Å². The van der Waals surface area contributed by atoms with E-state index in [4.69, 9.17) is 0 Å². The molecule has 1 N–H and O–H groups in total. The smallest absolute Gasteiger partial charge is 0.0427 e. The van der Waals surface area contributed by atoms with Crippen molar-refractivity contribution in [2.45, 2.75) is 39.7 Å². The highest BCUT2D eigenvalue weighted by Crippen LogP contribution is 2.37. The molecule has 22 heavy (non-hydrogen) atoms. The van der Waals surface area contributed by atoms with Crippen molar-refractivity contribution in [2.24, 2.45) is 11.8 Å². The summed E-state index contributed by atoms with van der Waals surface area (Å²) in [6.45, 7) is 14.2. The Labute approximate surface area is 141 Å². The first-order valence-corrected chi connectivity index (χ1v) is 8.40. The second kappa shape index (κ2) is 9.70. The number of thiol groups is 1. The lowest BCUT2D eigenvalue weighted by Crippen LogP contribution is -2.25. The standard InChI is InChI=1S/C16H19NS.C4H10/c1-3-7-12(4-2)14-10-13-8-5-6-9-15(13)16(11-14)17-18;1-4(2)3/h3-9,14,16-18H,1-2,10-11H2;4H,1-3H3/b12-7+;/t14-,16-;/m1./s1. The highest BCUT2D eigenvalue weighted by Gasteiger charge is 2.26. The van der Waals surface area contributed by atoms with Crippen LogP contribution in [0.3, 0.4) is 0 Å². The predicted molar refractivity (Wildman–Crippen MR) is 102 cm³/mol. The number of fused-ring (bicyclic) bond motifs is 1. The first-order valence-electron chi connectivity index (χ1n) is 7.95. The summed E-state index contributed by atoms with van der Waals surface area (Å²) in [7, 11) is 0. The zero-order valence-electron chi connectivity index (χ0n) is 14.0. The van der Waals surface area contributed by atoms with Gasteiger partial charge in [0.2, 0.25) is 0 Å². The summed E-state index contributed by atoms with van der Waals surface area (Å²) < 4.78 is 3.12. The maximum absolute atomic E-state index is 4.26. The molecule has 1 aliphatic rings. The molecule has 0 unspecified atom stereocenters.